The average Bonchev–Trinajstić information content (AvgIpc) is 2.41. The van der Waals surface area contributed by atoms with E-state index in [0.717, 1.165) is 4.90 Å². The molecule has 3 nitrogen and oxygen atoms in total. The third-order valence-electron chi connectivity index (χ3n) is 2.38. The van der Waals surface area contributed by atoms with E-state index in [1.807, 2.05) is 0 Å². The van der Waals surface area contributed by atoms with Crippen molar-refractivity contribution in [3.63, 3.8) is 0 Å². The van der Waals surface area contributed by atoms with Gasteiger partial charge in [-0.15, -0.1) is 11.8 Å². The number of nitrogen functional groups attached to an aromatic ring is 1. The number of halogens is 1. The van der Waals surface area contributed by atoms with Crippen molar-refractivity contribution in [2.75, 3.05) is 16.8 Å². The molecule has 0 aromatic heterocycles. The van der Waals surface area contributed by atoms with Crippen LogP contribution in [0.15, 0.2) is 53.4 Å². The molecule has 0 spiro atoms. The van der Waals surface area contributed by atoms with Crippen molar-refractivity contribution in [1.29, 1.82) is 0 Å². The predicted octanol–water partition coefficient (Wildman–Crippen LogP) is 3.14. The Bertz CT molecular complexity index is 555. The first kappa shape index (κ1) is 13.4. The van der Waals surface area contributed by atoms with Crippen LogP contribution in [0.3, 0.4) is 0 Å². The number of rotatable bonds is 4. The summed E-state index contributed by atoms with van der Waals surface area (Å²) in [5.74, 6) is -0.120. The number of hydrogen-bond donors (Lipinski definition) is 2. The summed E-state index contributed by atoms with van der Waals surface area (Å²) in [5.41, 5.74) is 6.92. The standard InChI is InChI=1S/C14H13FN2OS/c15-10-1-7-13(8-2-10)19-9-14(18)17-12-5-3-11(16)4-6-12/h1-8H,9,16H2,(H,17,18). The van der Waals surface area contributed by atoms with Gasteiger partial charge in [0.1, 0.15) is 5.82 Å². The maximum absolute atomic E-state index is 12.7. The van der Waals surface area contributed by atoms with Gasteiger partial charge >= 0.3 is 0 Å². The van der Waals surface area contributed by atoms with Crippen molar-refractivity contribution in [1.82, 2.24) is 0 Å². The second kappa shape index (κ2) is 6.24. The first-order valence-corrected chi connectivity index (χ1v) is 6.66. The monoisotopic (exact) mass is 276 g/mol. The smallest absolute Gasteiger partial charge is 0.234 e. The van der Waals surface area contributed by atoms with E-state index in [1.165, 1.54) is 23.9 Å². The fourth-order valence-electron chi connectivity index (χ4n) is 1.44. The maximum atomic E-state index is 12.7. The van der Waals surface area contributed by atoms with Crippen molar-refractivity contribution in [2.45, 2.75) is 4.90 Å². The molecule has 19 heavy (non-hydrogen) atoms. The number of anilines is 2. The van der Waals surface area contributed by atoms with E-state index in [-0.39, 0.29) is 17.5 Å². The van der Waals surface area contributed by atoms with E-state index < -0.39 is 0 Å². The quantitative estimate of drug-likeness (QED) is 0.666. The lowest BCUT2D eigenvalue weighted by molar-refractivity contribution is -0.113. The van der Waals surface area contributed by atoms with Gasteiger partial charge in [-0.05, 0) is 48.5 Å². The van der Waals surface area contributed by atoms with E-state index in [9.17, 15) is 9.18 Å². The molecule has 0 radical (unpaired) electrons. The van der Waals surface area contributed by atoms with Crippen LogP contribution in [0.25, 0.3) is 0 Å². The zero-order valence-corrected chi connectivity index (χ0v) is 10.9. The van der Waals surface area contributed by atoms with Crippen molar-refractivity contribution in [2.24, 2.45) is 0 Å². The van der Waals surface area contributed by atoms with Crippen LogP contribution in [0.2, 0.25) is 0 Å². The molecule has 0 heterocycles. The largest absolute Gasteiger partial charge is 0.399 e. The summed E-state index contributed by atoms with van der Waals surface area (Å²) in [6.07, 6.45) is 0. The van der Waals surface area contributed by atoms with Crippen LogP contribution in [0.1, 0.15) is 0 Å². The van der Waals surface area contributed by atoms with Gasteiger partial charge in [0, 0.05) is 16.3 Å². The van der Waals surface area contributed by atoms with E-state index in [1.54, 1.807) is 36.4 Å². The van der Waals surface area contributed by atoms with E-state index in [2.05, 4.69) is 5.32 Å². The zero-order chi connectivity index (χ0) is 13.7. The molecule has 0 fully saturated rings. The molecule has 0 saturated carbocycles. The van der Waals surface area contributed by atoms with E-state index >= 15 is 0 Å². The molecule has 0 saturated heterocycles. The Balaban J connectivity index is 1.84. The molecule has 1 amide bonds. The predicted molar refractivity (Wildman–Crippen MR) is 76.6 cm³/mol. The first-order chi connectivity index (χ1) is 9.13. The summed E-state index contributed by atoms with van der Waals surface area (Å²) in [7, 11) is 0. The SMILES string of the molecule is Nc1ccc(NC(=O)CSc2ccc(F)cc2)cc1. The van der Waals surface area contributed by atoms with Crippen LogP contribution in [0, 0.1) is 5.82 Å². The van der Waals surface area contributed by atoms with Crippen molar-refractivity contribution >= 4 is 29.0 Å². The molecule has 0 bridgehead atoms. The van der Waals surface area contributed by atoms with Crippen LogP contribution in [-0.2, 0) is 4.79 Å². The van der Waals surface area contributed by atoms with E-state index in [0.29, 0.717) is 11.4 Å². The van der Waals surface area contributed by atoms with Gasteiger partial charge in [-0.3, -0.25) is 4.79 Å². The number of carbonyl (C=O) groups excluding carboxylic acids is 1. The molecule has 0 unspecified atom stereocenters. The summed E-state index contributed by atoms with van der Waals surface area (Å²) in [6, 6.07) is 13.0. The van der Waals surface area contributed by atoms with E-state index in [4.69, 9.17) is 5.73 Å². The van der Waals surface area contributed by atoms with Crippen LogP contribution in [-0.4, -0.2) is 11.7 Å². The molecule has 0 aliphatic carbocycles. The summed E-state index contributed by atoms with van der Waals surface area (Å²) < 4.78 is 12.7. The Kier molecular flexibility index (Phi) is 4.41. The van der Waals surface area contributed by atoms with Crippen molar-refractivity contribution in [3.05, 3.63) is 54.3 Å². The number of hydrogen-bond acceptors (Lipinski definition) is 3. The normalized spacial score (nSPS) is 10.2. The Morgan fingerprint density at radius 2 is 1.74 bits per heavy atom. The van der Waals surface area contributed by atoms with Gasteiger partial charge in [0.05, 0.1) is 5.75 Å². The zero-order valence-electron chi connectivity index (χ0n) is 10.1. The highest BCUT2D eigenvalue weighted by Crippen LogP contribution is 2.18. The lowest BCUT2D eigenvalue weighted by Crippen LogP contribution is -2.13. The lowest BCUT2D eigenvalue weighted by Gasteiger charge is -2.05. The molecule has 0 aliphatic rings. The van der Waals surface area contributed by atoms with Gasteiger partial charge in [-0.2, -0.15) is 0 Å². The van der Waals surface area contributed by atoms with Gasteiger partial charge in [-0.1, -0.05) is 0 Å². The number of benzene rings is 2. The molecular weight excluding hydrogens is 263 g/mol. The summed E-state index contributed by atoms with van der Waals surface area (Å²) in [4.78, 5) is 12.6. The Hall–Kier alpha value is -2.01. The van der Waals surface area contributed by atoms with Gasteiger partial charge in [0.15, 0.2) is 0 Å². The topological polar surface area (TPSA) is 55.1 Å². The minimum absolute atomic E-state index is 0.112. The fraction of sp³-hybridized carbons (Fsp3) is 0.0714. The third-order valence-corrected chi connectivity index (χ3v) is 3.39. The summed E-state index contributed by atoms with van der Waals surface area (Å²) in [5, 5.41) is 2.76. The Morgan fingerprint density at radius 3 is 2.37 bits per heavy atom. The Labute approximate surface area is 115 Å². The highest BCUT2D eigenvalue weighted by molar-refractivity contribution is 8.00. The first-order valence-electron chi connectivity index (χ1n) is 5.67. The molecular formula is C14H13FN2OS. The molecule has 0 atom stereocenters. The van der Waals surface area contributed by atoms with Gasteiger partial charge in [0.25, 0.3) is 0 Å². The number of thioether (sulfide) groups is 1. The molecule has 0 aliphatic heterocycles. The van der Waals surface area contributed by atoms with Crippen molar-refractivity contribution < 1.29 is 9.18 Å². The van der Waals surface area contributed by atoms with Crippen molar-refractivity contribution in [3.8, 4) is 0 Å². The minimum atomic E-state index is -0.282. The summed E-state index contributed by atoms with van der Waals surface area (Å²) >= 11 is 1.36. The lowest BCUT2D eigenvalue weighted by atomic mass is 10.3. The maximum Gasteiger partial charge on any atom is 0.234 e. The number of amides is 1. The number of nitrogens with two attached hydrogens (primary N) is 1. The van der Waals surface area contributed by atoms with Crippen LogP contribution < -0.4 is 11.1 Å². The molecule has 2 aromatic carbocycles. The number of carbonyl (C=O) groups is 1. The molecule has 3 N–H and O–H groups in total. The van der Waals surface area contributed by atoms with Gasteiger partial charge in [0.2, 0.25) is 5.91 Å². The third kappa shape index (κ3) is 4.30. The molecule has 98 valence electrons. The van der Waals surface area contributed by atoms with Gasteiger partial charge in [-0.25, -0.2) is 4.39 Å². The van der Waals surface area contributed by atoms with Gasteiger partial charge < -0.3 is 11.1 Å². The Morgan fingerprint density at radius 1 is 1.11 bits per heavy atom. The number of nitrogens with one attached hydrogen (secondary N) is 1. The highest BCUT2D eigenvalue weighted by atomic mass is 32.2. The fourth-order valence-corrected chi connectivity index (χ4v) is 2.14. The second-order valence-electron chi connectivity index (χ2n) is 3.91. The van der Waals surface area contributed by atoms with Crippen LogP contribution >= 0.6 is 11.8 Å². The highest BCUT2D eigenvalue weighted by Gasteiger charge is 2.03. The summed E-state index contributed by atoms with van der Waals surface area (Å²) in [6.45, 7) is 0. The van der Waals surface area contributed by atoms with Crippen LogP contribution in [0.4, 0.5) is 15.8 Å². The average molecular weight is 276 g/mol. The molecule has 2 rings (SSSR count). The van der Waals surface area contributed by atoms with Crippen LogP contribution in [0.5, 0.6) is 0 Å². The second-order valence-corrected chi connectivity index (χ2v) is 4.96. The molecule has 2 aromatic rings. The minimum Gasteiger partial charge on any atom is -0.399 e. The molecule has 5 heteroatoms.